The number of aliphatic hydroxyl groups is 1. The van der Waals surface area contributed by atoms with Crippen LogP contribution in [0.2, 0.25) is 0 Å². The van der Waals surface area contributed by atoms with Crippen molar-refractivity contribution in [1.29, 1.82) is 0 Å². The number of halogens is 8. The molecule has 1 unspecified atom stereocenters. The third-order valence-electron chi connectivity index (χ3n) is 5.02. The maximum atomic E-state index is 13.7. The molecule has 1 saturated heterocycles. The average Bonchev–Trinajstić information content (AvgIpc) is 3.06. The Balaban J connectivity index is 1.89. The van der Waals surface area contributed by atoms with Crippen LogP contribution in [0.1, 0.15) is 28.7 Å². The number of alkyl halides is 6. The van der Waals surface area contributed by atoms with Gasteiger partial charge in [-0.2, -0.15) is 26.3 Å². The minimum absolute atomic E-state index is 0.0367. The normalized spacial score (nSPS) is 20.4. The Morgan fingerprint density at radius 1 is 0.903 bits per heavy atom. The van der Waals surface area contributed by atoms with Crippen molar-refractivity contribution in [3.8, 4) is 0 Å². The minimum Gasteiger partial charge on any atom is -0.396 e. The van der Waals surface area contributed by atoms with E-state index in [1.165, 1.54) is 11.0 Å². The van der Waals surface area contributed by atoms with Gasteiger partial charge in [0, 0.05) is 26.1 Å². The Morgan fingerprint density at radius 2 is 1.52 bits per heavy atom. The fourth-order valence-electron chi connectivity index (χ4n) is 3.57. The first kappa shape index (κ1) is 23.4. The summed E-state index contributed by atoms with van der Waals surface area (Å²) >= 11 is 0. The van der Waals surface area contributed by atoms with Gasteiger partial charge in [0.05, 0.1) is 11.1 Å². The molecule has 2 aromatic carbocycles. The van der Waals surface area contributed by atoms with Gasteiger partial charge in [-0.25, -0.2) is 8.78 Å². The van der Waals surface area contributed by atoms with Crippen LogP contribution in [-0.4, -0.2) is 29.9 Å². The Labute approximate surface area is 171 Å². The summed E-state index contributed by atoms with van der Waals surface area (Å²) in [6.07, 6.45) is -9.97. The third kappa shape index (κ3) is 5.16. The zero-order valence-corrected chi connectivity index (χ0v) is 15.8. The predicted octanol–water partition coefficient (Wildman–Crippen LogP) is 5.07. The summed E-state index contributed by atoms with van der Waals surface area (Å²) in [4.78, 5) is 1.42. The van der Waals surface area contributed by atoms with Gasteiger partial charge in [-0.1, -0.05) is 6.07 Å². The lowest BCUT2D eigenvalue weighted by Crippen LogP contribution is -2.33. The van der Waals surface area contributed by atoms with Crippen LogP contribution in [0.3, 0.4) is 0 Å². The van der Waals surface area contributed by atoms with Gasteiger partial charge in [-0.05, 0) is 41.5 Å². The largest absolute Gasteiger partial charge is 0.416 e. The monoisotopic (exact) mass is 455 g/mol. The molecule has 0 aromatic heterocycles. The molecule has 1 fully saturated rings. The molecule has 1 aliphatic rings. The lowest BCUT2D eigenvalue weighted by atomic mass is 9.90. The van der Waals surface area contributed by atoms with E-state index < -0.39 is 47.3 Å². The lowest BCUT2D eigenvalue weighted by molar-refractivity contribution is -0.143. The molecule has 0 amide bonds. The Morgan fingerprint density at radius 3 is 2.03 bits per heavy atom. The van der Waals surface area contributed by atoms with E-state index in [2.05, 4.69) is 0 Å². The van der Waals surface area contributed by atoms with Gasteiger partial charge in [0.15, 0.2) is 11.6 Å². The SMILES string of the molecule is OCCC1(c2ccc(F)c(F)c2)CN(Cc2cc(C(F)(F)F)cc(C(F)(F)F)c2)CO1. The summed E-state index contributed by atoms with van der Waals surface area (Å²) in [6.45, 7) is -0.967. The van der Waals surface area contributed by atoms with Crippen LogP contribution in [0.4, 0.5) is 35.1 Å². The molecule has 0 bridgehead atoms. The molecule has 1 aliphatic heterocycles. The number of hydrogen-bond donors (Lipinski definition) is 1. The molecule has 31 heavy (non-hydrogen) atoms. The summed E-state index contributed by atoms with van der Waals surface area (Å²) < 4.78 is 111. The molecule has 170 valence electrons. The van der Waals surface area contributed by atoms with Crippen molar-refractivity contribution in [2.24, 2.45) is 0 Å². The van der Waals surface area contributed by atoms with Crippen LogP contribution in [0, 0.1) is 11.6 Å². The van der Waals surface area contributed by atoms with Crippen LogP contribution in [0.25, 0.3) is 0 Å². The summed E-state index contributed by atoms with van der Waals surface area (Å²) in [5.74, 6) is -2.24. The van der Waals surface area contributed by atoms with Gasteiger partial charge in [0.2, 0.25) is 0 Å². The van der Waals surface area contributed by atoms with Crippen molar-refractivity contribution < 1.29 is 45.0 Å². The number of aliphatic hydroxyl groups excluding tert-OH is 1. The highest BCUT2D eigenvalue weighted by atomic mass is 19.4. The van der Waals surface area contributed by atoms with Crippen LogP contribution in [0.5, 0.6) is 0 Å². The third-order valence-corrected chi connectivity index (χ3v) is 5.02. The van der Waals surface area contributed by atoms with Gasteiger partial charge in [-0.3, -0.25) is 4.90 Å². The molecule has 0 saturated carbocycles. The lowest BCUT2D eigenvalue weighted by Gasteiger charge is -2.28. The molecular formula is C20H17F8NO2. The molecule has 3 nitrogen and oxygen atoms in total. The van der Waals surface area contributed by atoms with Crippen LogP contribution < -0.4 is 0 Å². The first-order valence-electron chi connectivity index (χ1n) is 9.05. The number of benzene rings is 2. The highest BCUT2D eigenvalue weighted by Gasteiger charge is 2.42. The summed E-state index contributed by atoms with van der Waals surface area (Å²) in [5, 5.41) is 9.39. The molecule has 0 spiro atoms. The van der Waals surface area contributed by atoms with Gasteiger partial charge in [0.25, 0.3) is 0 Å². The first-order chi connectivity index (χ1) is 14.3. The van der Waals surface area contributed by atoms with E-state index in [4.69, 9.17) is 4.74 Å². The highest BCUT2D eigenvalue weighted by molar-refractivity contribution is 5.34. The van der Waals surface area contributed by atoms with E-state index >= 15 is 0 Å². The molecule has 1 heterocycles. The number of hydrogen-bond acceptors (Lipinski definition) is 3. The van der Waals surface area contributed by atoms with E-state index in [0.29, 0.717) is 12.1 Å². The van der Waals surface area contributed by atoms with Gasteiger partial charge in [-0.15, -0.1) is 0 Å². The van der Waals surface area contributed by atoms with Crippen molar-refractivity contribution >= 4 is 0 Å². The Kier molecular flexibility index (Phi) is 6.32. The Hall–Kier alpha value is -2.24. The summed E-state index contributed by atoms with van der Waals surface area (Å²) in [5.41, 5.74) is -4.20. The number of rotatable bonds is 5. The van der Waals surface area contributed by atoms with Crippen molar-refractivity contribution in [3.05, 3.63) is 70.3 Å². The van der Waals surface area contributed by atoms with Gasteiger partial charge < -0.3 is 9.84 Å². The van der Waals surface area contributed by atoms with Crippen molar-refractivity contribution in [3.63, 3.8) is 0 Å². The Bertz CT molecular complexity index is 912. The zero-order chi connectivity index (χ0) is 23.0. The van der Waals surface area contributed by atoms with Crippen LogP contribution in [0.15, 0.2) is 36.4 Å². The molecule has 11 heteroatoms. The molecule has 1 N–H and O–H groups in total. The molecule has 1 atom stereocenters. The molecule has 3 rings (SSSR count). The van der Waals surface area contributed by atoms with Gasteiger partial charge in [0.1, 0.15) is 12.3 Å². The standard InChI is InChI=1S/C20H17F8NO2/c21-16-2-1-13(8-17(16)22)18(3-4-30)10-29(11-31-18)9-12-5-14(19(23,24)25)7-15(6-12)20(26,27)28/h1-2,5-8,30H,3-4,9-11H2. The molecule has 0 radical (unpaired) electrons. The minimum atomic E-state index is -4.97. The van der Waals surface area contributed by atoms with Crippen molar-refractivity contribution in [2.75, 3.05) is 19.9 Å². The van der Waals surface area contributed by atoms with E-state index in [0.717, 1.165) is 12.1 Å². The van der Waals surface area contributed by atoms with E-state index in [-0.39, 0.29) is 43.4 Å². The van der Waals surface area contributed by atoms with Crippen LogP contribution >= 0.6 is 0 Å². The molecule has 0 aliphatic carbocycles. The number of ether oxygens (including phenoxy) is 1. The maximum Gasteiger partial charge on any atom is 0.416 e. The van der Waals surface area contributed by atoms with Crippen LogP contribution in [-0.2, 0) is 29.2 Å². The molecule has 2 aromatic rings. The summed E-state index contributed by atoms with van der Waals surface area (Å²) in [6, 6.07) is 4.31. The molecular weight excluding hydrogens is 438 g/mol. The van der Waals surface area contributed by atoms with Gasteiger partial charge >= 0.3 is 12.4 Å². The highest BCUT2D eigenvalue weighted by Crippen LogP contribution is 2.39. The maximum absolute atomic E-state index is 13.7. The topological polar surface area (TPSA) is 32.7 Å². The fourth-order valence-corrected chi connectivity index (χ4v) is 3.57. The predicted molar refractivity (Wildman–Crippen MR) is 92.5 cm³/mol. The van der Waals surface area contributed by atoms with Crippen molar-refractivity contribution in [2.45, 2.75) is 30.9 Å². The van der Waals surface area contributed by atoms with E-state index in [9.17, 15) is 40.2 Å². The second-order valence-corrected chi connectivity index (χ2v) is 7.27. The quantitative estimate of drug-likeness (QED) is 0.640. The van der Waals surface area contributed by atoms with E-state index in [1.807, 2.05) is 0 Å². The second-order valence-electron chi connectivity index (χ2n) is 7.27. The smallest absolute Gasteiger partial charge is 0.396 e. The average molecular weight is 455 g/mol. The second kappa shape index (κ2) is 8.36. The number of nitrogens with zero attached hydrogens (tertiary/aromatic N) is 1. The zero-order valence-electron chi connectivity index (χ0n) is 15.8. The fraction of sp³-hybridized carbons (Fsp3) is 0.400. The van der Waals surface area contributed by atoms with E-state index in [1.54, 1.807) is 0 Å². The summed E-state index contributed by atoms with van der Waals surface area (Å²) in [7, 11) is 0. The van der Waals surface area contributed by atoms with Crippen molar-refractivity contribution in [1.82, 2.24) is 4.90 Å². The first-order valence-corrected chi connectivity index (χ1v) is 9.05.